The number of hydrogen-bond donors (Lipinski definition) is 2. The Hall–Kier alpha value is -5.24. The van der Waals surface area contributed by atoms with Crippen LogP contribution in [-0.2, 0) is 19.7 Å². The topological polar surface area (TPSA) is 169 Å². The SMILES string of the molecule is CC(C)(C)OC(=O)N1CCC(O)(CN2CC3(C2)CN(c2ccc(-c4cnc5[nH]cc(C(=O)c6c(F)ccc(N(C(=O)OC(C)(C)C)S(=O)(=O)N7CC[C@@H](F)C7)c6F)c5c4)cc2)C3)CC1. The summed E-state index contributed by atoms with van der Waals surface area (Å²) in [4.78, 5) is 53.5. The van der Waals surface area contributed by atoms with Crippen molar-refractivity contribution in [3.8, 4) is 11.1 Å². The predicted octanol–water partition coefficient (Wildman–Crippen LogP) is 6.65. The first kappa shape index (κ1) is 45.3. The standard InChI is InChI=1S/C45H54F3N7O8S/c1-42(2,3)62-40(57)52-17-14-45(59,15-18-52)27-51-23-44(24-51)25-53(26-44)31-9-7-28(8-10-31)29-19-32-33(21-50-39(32)49-20-29)38(56)36-34(47)11-12-35(37(36)48)55(41(58)63-43(4,5)6)64(60,61)54-16-13-30(46)22-54/h7-12,19-21,30,59H,13-18,22-27H2,1-6H3,(H,49,50)/t30-/m1/s1. The molecule has 2 aromatic heterocycles. The molecular formula is C45H54F3N7O8S. The molecule has 6 heterocycles. The minimum absolute atomic E-state index is 0.00870. The van der Waals surface area contributed by atoms with E-state index in [1.807, 2.05) is 45.0 Å². The molecule has 0 radical (unpaired) electrons. The second kappa shape index (κ2) is 16.3. The van der Waals surface area contributed by atoms with Gasteiger partial charge in [0.15, 0.2) is 5.82 Å². The van der Waals surface area contributed by atoms with Crippen molar-refractivity contribution in [1.82, 2.24) is 24.1 Å². The van der Waals surface area contributed by atoms with E-state index in [1.54, 1.807) is 17.2 Å². The number of aromatic amines is 1. The number of ketones is 1. The molecule has 64 heavy (non-hydrogen) atoms. The molecule has 4 fully saturated rings. The third-order valence-electron chi connectivity index (χ3n) is 12.1. The molecule has 15 nitrogen and oxygen atoms in total. The number of β-amino-alcohol motifs (C(OH)–C–C–N with tert-alkyl or cyclic N) is 1. The number of H-pyrrole nitrogens is 1. The molecule has 1 spiro atoms. The average Bonchev–Trinajstić information content (AvgIpc) is 3.82. The second-order valence-electron chi connectivity index (χ2n) is 19.6. The van der Waals surface area contributed by atoms with Crippen molar-refractivity contribution in [2.75, 3.05) is 68.1 Å². The number of fused-ring (bicyclic) bond motifs is 1. The zero-order chi connectivity index (χ0) is 46.1. The number of ether oxygens (including phenoxy) is 2. The lowest BCUT2D eigenvalue weighted by molar-refractivity contribution is -0.0982. The number of pyridine rings is 1. The van der Waals surface area contributed by atoms with E-state index >= 15 is 8.78 Å². The monoisotopic (exact) mass is 909 g/mol. The second-order valence-corrected chi connectivity index (χ2v) is 21.4. The number of carbonyl (C=O) groups is 3. The Kier molecular flexibility index (Phi) is 11.6. The quantitative estimate of drug-likeness (QED) is 0.173. The van der Waals surface area contributed by atoms with Crippen molar-refractivity contribution >= 4 is 50.6 Å². The van der Waals surface area contributed by atoms with Crippen molar-refractivity contribution in [3.63, 3.8) is 0 Å². The summed E-state index contributed by atoms with van der Waals surface area (Å²) in [5.41, 5.74) is -2.08. The first-order chi connectivity index (χ1) is 29.9. The first-order valence-corrected chi connectivity index (χ1v) is 22.8. The number of anilines is 2. The zero-order valence-corrected chi connectivity index (χ0v) is 37.6. The highest BCUT2D eigenvalue weighted by molar-refractivity contribution is 7.91. The number of hydrogen-bond acceptors (Lipinski definition) is 11. The van der Waals surface area contributed by atoms with Crippen LogP contribution in [0.3, 0.4) is 0 Å². The summed E-state index contributed by atoms with van der Waals surface area (Å²) in [5, 5.41) is 11.6. The van der Waals surface area contributed by atoms with E-state index < -0.39 is 74.5 Å². The van der Waals surface area contributed by atoms with Crippen LogP contribution in [0.25, 0.3) is 22.2 Å². The number of aromatic nitrogens is 2. The minimum atomic E-state index is -4.95. The number of rotatable bonds is 9. The van der Waals surface area contributed by atoms with E-state index in [0.717, 1.165) is 43.5 Å². The number of alkyl halides is 1. The lowest BCUT2D eigenvalue weighted by atomic mass is 9.71. The number of nitrogens with zero attached hydrogens (tertiary/aromatic N) is 6. The van der Waals surface area contributed by atoms with E-state index in [9.17, 15) is 32.3 Å². The Labute approximate surface area is 370 Å². The fraction of sp³-hybridized carbons (Fsp3) is 0.511. The average molecular weight is 910 g/mol. The molecule has 2 aromatic carbocycles. The molecule has 0 unspecified atom stereocenters. The van der Waals surface area contributed by atoms with Crippen LogP contribution in [-0.4, -0.2) is 137 Å². The molecule has 1 atom stereocenters. The van der Waals surface area contributed by atoms with Gasteiger partial charge in [-0.3, -0.25) is 9.69 Å². The summed E-state index contributed by atoms with van der Waals surface area (Å²) in [6, 6.07) is 10.9. The summed E-state index contributed by atoms with van der Waals surface area (Å²) < 4.78 is 85.2. The molecule has 344 valence electrons. The van der Waals surface area contributed by atoms with E-state index in [-0.39, 0.29) is 45.4 Å². The van der Waals surface area contributed by atoms with Crippen molar-refractivity contribution in [3.05, 3.63) is 77.6 Å². The van der Waals surface area contributed by atoms with E-state index in [4.69, 9.17) is 9.47 Å². The zero-order valence-electron chi connectivity index (χ0n) is 36.8. The van der Waals surface area contributed by atoms with Crippen LogP contribution in [0.15, 0.2) is 54.9 Å². The third kappa shape index (κ3) is 9.03. The van der Waals surface area contributed by atoms with E-state index in [2.05, 4.69) is 19.8 Å². The molecular weight excluding hydrogens is 856 g/mol. The van der Waals surface area contributed by atoms with Crippen LogP contribution in [0.5, 0.6) is 0 Å². The van der Waals surface area contributed by atoms with Gasteiger partial charge in [0.25, 0.3) is 0 Å². The summed E-state index contributed by atoms with van der Waals surface area (Å²) in [6.45, 7) is 14.0. The number of likely N-dealkylation sites (tertiary alicyclic amines) is 2. The Morgan fingerprint density at radius 1 is 0.922 bits per heavy atom. The molecule has 4 aliphatic rings. The summed E-state index contributed by atoms with van der Waals surface area (Å²) in [5.74, 6) is -4.06. The molecule has 8 rings (SSSR count). The van der Waals surface area contributed by atoms with Gasteiger partial charge in [0, 0.05) is 98.9 Å². The van der Waals surface area contributed by atoms with Crippen LogP contribution < -0.4 is 9.21 Å². The fourth-order valence-electron chi connectivity index (χ4n) is 9.05. The highest BCUT2D eigenvalue weighted by atomic mass is 32.2. The fourth-order valence-corrected chi connectivity index (χ4v) is 10.6. The Morgan fingerprint density at radius 2 is 1.58 bits per heavy atom. The van der Waals surface area contributed by atoms with Crippen molar-refractivity contribution in [2.45, 2.75) is 83.8 Å². The Balaban J connectivity index is 0.938. The third-order valence-corrected chi connectivity index (χ3v) is 13.9. The number of piperidine rings is 1. The molecule has 4 saturated heterocycles. The number of aliphatic hydroxyl groups is 1. The molecule has 4 aliphatic heterocycles. The summed E-state index contributed by atoms with van der Waals surface area (Å²) >= 11 is 0. The number of carbonyl (C=O) groups excluding carboxylic acids is 3. The molecule has 2 N–H and O–H groups in total. The van der Waals surface area contributed by atoms with Gasteiger partial charge in [-0.05, 0) is 96.7 Å². The molecule has 0 bridgehead atoms. The van der Waals surface area contributed by atoms with Crippen molar-refractivity contribution in [2.24, 2.45) is 5.41 Å². The van der Waals surface area contributed by atoms with Gasteiger partial charge in [0.1, 0.15) is 34.5 Å². The number of benzene rings is 2. The largest absolute Gasteiger partial charge is 0.444 e. The van der Waals surface area contributed by atoms with Crippen LogP contribution in [0.2, 0.25) is 0 Å². The number of nitrogens with one attached hydrogen (secondary N) is 1. The van der Waals surface area contributed by atoms with E-state index in [1.165, 1.54) is 27.0 Å². The summed E-state index contributed by atoms with van der Waals surface area (Å²) in [7, 11) is -4.95. The molecule has 19 heteroatoms. The predicted molar refractivity (Wildman–Crippen MR) is 233 cm³/mol. The molecule has 0 saturated carbocycles. The summed E-state index contributed by atoms with van der Waals surface area (Å²) in [6.07, 6.45) is 0.318. The van der Waals surface area contributed by atoms with Gasteiger partial charge in [-0.25, -0.2) is 27.7 Å². The van der Waals surface area contributed by atoms with Gasteiger partial charge < -0.3 is 29.4 Å². The Bertz CT molecular complexity index is 2570. The maximum absolute atomic E-state index is 16.5. The van der Waals surface area contributed by atoms with Gasteiger partial charge in [0.05, 0.1) is 11.2 Å². The van der Waals surface area contributed by atoms with Crippen molar-refractivity contribution in [1.29, 1.82) is 0 Å². The van der Waals surface area contributed by atoms with Crippen LogP contribution in [0.4, 0.5) is 34.1 Å². The van der Waals surface area contributed by atoms with Crippen LogP contribution >= 0.6 is 0 Å². The van der Waals surface area contributed by atoms with Gasteiger partial charge in [-0.15, -0.1) is 0 Å². The van der Waals surface area contributed by atoms with Crippen LogP contribution in [0.1, 0.15) is 76.7 Å². The molecule has 4 aromatic rings. The smallest absolute Gasteiger partial charge is 0.430 e. The van der Waals surface area contributed by atoms with Gasteiger partial charge in [-0.2, -0.15) is 17.0 Å². The molecule has 2 amide bonds. The maximum atomic E-state index is 16.5. The lowest BCUT2D eigenvalue weighted by Gasteiger charge is -2.62. The van der Waals surface area contributed by atoms with Gasteiger partial charge in [0.2, 0.25) is 5.78 Å². The number of amides is 2. The van der Waals surface area contributed by atoms with Crippen LogP contribution in [0, 0.1) is 17.0 Å². The highest BCUT2D eigenvalue weighted by Crippen LogP contribution is 2.43. The molecule has 0 aliphatic carbocycles. The maximum Gasteiger partial charge on any atom is 0.430 e. The minimum Gasteiger partial charge on any atom is -0.444 e. The Morgan fingerprint density at radius 3 is 2.19 bits per heavy atom. The van der Waals surface area contributed by atoms with Crippen molar-refractivity contribution < 1.29 is 50.6 Å². The number of halogens is 3. The lowest BCUT2D eigenvalue weighted by Crippen LogP contribution is -2.73. The first-order valence-electron chi connectivity index (χ1n) is 21.4. The van der Waals surface area contributed by atoms with E-state index in [0.29, 0.717) is 48.4 Å². The highest BCUT2D eigenvalue weighted by Gasteiger charge is 2.53. The normalized spacial score (nSPS) is 20.2. The van der Waals surface area contributed by atoms with Gasteiger partial charge >= 0.3 is 22.4 Å². The van der Waals surface area contributed by atoms with Gasteiger partial charge in [-0.1, -0.05) is 12.1 Å².